The maximum Gasteiger partial charge on any atom is 2.00 e. The fourth-order valence-corrected chi connectivity index (χ4v) is 0.952. The molecule has 2 aromatic rings. The minimum atomic E-state index is 0. The van der Waals surface area contributed by atoms with Crippen molar-refractivity contribution in [1.82, 2.24) is 4.98 Å². The molecule has 1 heterocycles. The third-order valence-corrected chi connectivity index (χ3v) is 1.43. The second-order valence-corrected chi connectivity index (χ2v) is 2.11. The van der Waals surface area contributed by atoms with Crippen LogP contribution in [0, 0.1) is 6.07 Å². The molecule has 3 heteroatoms. The molecule has 0 aliphatic rings. The average molecular weight is 188 g/mol. The third kappa shape index (κ3) is 2.34. The topological polar surface area (TPSA) is 12.9 Å². The molecule has 0 atom stereocenters. The summed E-state index contributed by atoms with van der Waals surface area (Å²) in [6.45, 7) is 0. The number of benzene rings is 1. The maximum atomic E-state index is 4.13. The van der Waals surface area contributed by atoms with Crippen LogP contribution < -0.4 is 12.4 Å². The van der Waals surface area contributed by atoms with Crippen molar-refractivity contribution in [2.75, 3.05) is 0 Å². The van der Waals surface area contributed by atoms with Crippen molar-refractivity contribution in [3.8, 4) is 0 Å². The Labute approximate surface area is 93.8 Å². The fraction of sp³-hybridized carbons (Fsp3) is 0. The van der Waals surface area contributed by atoms with E-state index in [-0.39, 0.29) is 35.5 Å². The Bertz CT molecular complexity index is 286. The molecular formula is C9H6ClMgN. The van der Waals surface area contributed by atoms with Crippen LogP contribution in [-0.4, -0.2) is 28.0 Å². The van der Waals surface area contributed by atoms with Crippen LogP contribution in [0.1, 0.15) is 0 Å². The molecule has 0 amide bonds. The summed E-state index contributed by atoms with van der Waals surface area (Å²) < 4.78 is 0. The number of nitrogens with zero attached hydrogens (tertiary/aromatic N) is 1. The molecule has 0 N–H and O–H groups in total. The number of para-hydroxylation sites is 1. The van der Waals surface area contributed by atoms with Crippen LogP contribution in [0.25, 0.3) is 10.9 Å². The van der Waals surface area contributed by atoms with Crippen LogP contribution in [0.5, 0.6) is 0 Å². The van der Waals surface area contributed by atoms with Gasteiger partial charge in [0.2, 0.25) is 0 Å². The standard InChI is InChI=1S/C9H6N.ClH.Mg/c1-2-6-9-8(4-1)5-3-7-10-9;;/h1-5,7H;1H;/q-1;;+2/p-1. The fourth-order valence-electron chi connectivity index (χ4n) is 0.952. The van der Waals surface area contributed by atoms with E-state index in [9.17, 15) is 0 Å². The van der Waals surface area contributed by atoms with E-state index in [1.165, 1.54) is 0 Å². The predicted octanol–water partition coefficient (Wildman–Crippen LogP) is -1.34. The van der Waals surface area contributed by atoms with Gasteiger partial charge in [0.25, 0.3) is 0 Å². The summed E-state index contributed by atoms with van der Waals surface area (Å²) in [5.74, 6) is 0. The first-order chi connectivity index (χ1) is 4.97. The Morgan fingerprint density at radius 2 is 1.92 bits per heavy atom. The summed E-state index contributed by atoms with van der Waals surface area (Å²) >= 11 is 0. The zero-order valence-electron chi connectivity index (χ0n) is 6.50. The average Bonchev–Trinajstić information content (AvgIpc) is 2.05. The molecule has 0 unspecified atom stereocenters. The first-order valence-electron chi connectivity index (χ1n) is 3.18. The molecule has 1 nitrogen and oxygen atoms in total. The molecule has 0 saturated carbocycles. The summed E-state index contributed by atoms with van der Waals surface area (Å²) in [5.41, 5.74) is 0.935. The number of hydrogen-bond acceptors (Lipinski definition) is 1. The molecule has 1 aromatic carbocycles. The van der Waals surface area contributed by atoms with Gasteiger partial charge in [0.15, 0.2) is 0 Å². The first kappa shape index (κ1) is 11.7. The van der Waals surface area contributed by atoms with Crippen molar-refractivity contribution < 1.29 is 12.4 Å². The smallest absolute Gasteiger partial charge is 1.00 e. The van der Waals surface area contributed by atoms with Crippen LogP contribution >= 0.6 is 0 Å². The summed E-state index contributed by atoms with van der Waals surface area (Å²) in [5, 5.41) is 1.14. The molecule has 1 aromatic heterocycles. The van der Waals surface area contributed by atoms with Gasteiger partial charge < -0.3 is 12.4 Å². The zero-order chi connectivity index (χ0) is 6.81. The van der Waals surface area contributed by atoms with Crippen molar-refractivity contribution in [3.63, 3.8) is 0 Å². The van der Waals surface area contributed by atoms with E-state index in [1.54, 1.807) is 6.20 Å². The number of rotatable bonds is 0. The number of halogens is 1. The molecule has 0 radical (unpaired) electrons. The van der Waals surface area contributed by atoms with Crippen LogP contribution in [0.2, 0.25) is 0 Å². The Kier molecular flexibility index (Phi) is 5.21. The van der Waals surface area contributed by atoms with Gasteiger partial charge in [0.05, 0.1) is 0 Å². The summed E-state index contributed by atoms with van der Waals surface area (Å²) in [6, 6.07) is 12.9. The van der Waals surface area contributed by atoms with Gasteiger partial charge in [-0.3, -0.25) is 4.98 Å². The van der Waals surface area contributed by atoms with Gasteiger partial charge in [-0.25, -0.2) is 0 Å². The Morgan fingerprint density at radius 3 is 2.67 bits per heavy atom. The third-order valence-electron chi connectivity index (χ3n) is 1.43. The molecule has 2 rings (SSSR count). The number of hydrogen-bond donors (Lipinski definition) is 0. The minimum Gasteiger partial charge on any atom is -1.00 e. The van der Waals surface area contributed by atoms with Gasteiger partial charge in [0, 0.05) is 6.20 Å². The molecule has 0 spiro atoms. The molecule has 0 bridgehead atoms. The molecule has 0 aliphatic heterocycles. The Hall–Kier alpha value is -0.314. The van der Waals surface area contributed by atoms with Crippen LogP contribution in [0.4, 0.5) is 0 Å². The zero-order valence-corrected chi connectivity index (χ0v) is 8.67. The quantitative estimate of drug-likeness (QED) is 0.368. The monoisotopic (exact) mass is 187 g/mol. The Morgan fingerprint density at radius 1 is 1.17 bits per heavy atom. The van der Waals surface area contributed by atoms with Crippen molar-refractivity contribution >= 4 is 34.0 Å². The van der Waals surface area contributed by atoms with E-state index in [0.717, 1.165) is 10.9 Å². The first-order valence-corrected chi connectivity index (χ1v) is 3.18. The summed E-state index contributed by atoms with van der Waals surface area (Å²) in [6.07, 6.45) is 1.78. The van der Waals surface area contributed by atoms with Crippen molar-refractivity contribution in [3.05, 3.63) is 42.6 Å². The predicted molar refractivity (Wildman–Crippen MR) is 46.3 cm³/mol. The molecule has 0 fully saturated rings. The van der Waals surface area contributed by atoms with Gasteiger partial charge in [-0.1, -0.05) is 6.07 Å². The van der Waals surface area contributed by atoms with Crippen LogP contribution in [-0.2, 0) is 0 Å². The largest absolute Gasteiger partial charge is 2.00 e. The van der Waals surface area contributed by atoms with Crippen molar-refractivity contribution in [2.24, 2.45) is 0 Å². The molecule has 12 heavy (non-hydrogen) atoms. The maximum absolute atomic E-state index is 4.13. The number of aromatic nitrogens is 1. The minimum absolute atomic E-state index is 0. The van der Waals surface area contributed by atoms with E-state index in [2.05, 4.69) is 11.1 Å². The SMILES string of the molecule is [Cl-].[Mg+2].[c-]1cccc2cccnc12. The van der Waals surface area contributed by atoms with Gasteiger partial charge >= 0.3 is 23.1 Å². The second-order valence-electron chi connectivity index (χ2n) is 2.11. The van der Waals surface area contributed by atoms with Gasteiger partial charge in [0.1, 0.15) is 0 Å². The van der Waals surface area contributed by atoms with Gasteiger partial charge in [-0.15, -0.1) is 11.5 Å². The molecular weight excluding hydrogens is 182 g/mol. The van der Waals surface area contributed by atoms with Crippen molar-refractivity contribution in [1.29, 1.82) is 0 Å². The summed E-state index contributed by atoms with van der Waals surface area (Å²) in [7, 11) is 0. The summed E-state index contributed by atoms with van der Waals surface area (Å²) in [4.78, 5) is 4.13. The number of pyridine rings is 1. The van der Waals surface area contributed by atoms with Gasteiger partial charge in [-0.05, 0) is 5.52 Å². The van der Waals surface area contributed by atoms with Gasteiger partial charge in [-0.2, -0.15) is 24.3 Å². The van der Waals surface area contributed by atoms with Crippen LogP contribution in [0.15, 0.2) is 36.5 Å². The van der Waals surface area contributed by atoms with E-state index in [0.29, 0.717) is 0 Å². The normalized spacial score (nSPS) is 8.33. The molecule has 56 valence electrons. The molecule has 0 aliphatic carbocycles. The van der Waals surface area contributed by atoms with E-state index in [1.807, 2.05) is 30.3 Å². The van der Waals surface area contributed by atoms with Crippen molar-refractivity contribution in [2.45, 2.75) is 0 Å². The van der Waals surface area contributed by atoms with E-state index >= 15 is 0 Å². The van der Waals surface area contributed by atoms with Crippen LogP contribution in [0.3, 0.4) is 0 Å². The Balaban J connectivity index is 0.000000605. The van der Waals surface area contributed by atoms with E-state index < -0.39 is 0 Å². The molecule has 0 saturated heterocycles. The second kappa shape index (κ2) is 5.35. The van der Waals surface area contributed by atoms with E-state index in [4.69, 9.17) is 0 Å². The number of fused-ring (bicyclic) bond motifs is 1.